The van der Waals surface area contributed by atoms with Gasteiger partial charge in [0.25, 0.3) is 6.01 Å². The highest BCUT2D eigenvalue weighted by Crippen LogP contribution is 2.36. The Bertz CT molecular complexity index is 209. The summed E-state index contributed by atoms with van der Waals surface area (Å²) >= 11 is 0. The monoisotopic (exact) mass is 234 g/mol. The third-order valence-electron chi connectivity index (χ3n) is 2.82. The molecular weight excluding hydrogens is 211 g/mol. The molecule has 0 aliphatic heterocycles. The Labute approximate surface area is 93.6 Å². The highest BCUT2D eigenvalue weighted by Gasteiger charge is 2.36. The molecule has 4 heteroatoms. The van der Waals surface area contributed by atoms with Crippen LogP contribution in [0.1, 0.15) is 27.2 Å². The number of hydrogen-bond donors (Lipinski definition) is 0. The average Bonchev–Trinajstić information content (AvgIpc) is 2.00. The van der Waals surface area contributed by atoms with E-state index in [4.69, 9.17) is 4.43 Å². The predicted molar refractivity (Wildman–Crippen MR) is 64.0 cm³/mol. The molecule has 90 valence electrons. The van der Waals surface area contributed by atoms with E-state index < -0.39 is 14.3 Å². The lowest BCUT2D eigenvalue weighted by Gasteiger charge is -2.36. The van der Waals surface area contributed by atoms with Gasteiger partial charge in [0.05, 0.1) is 6.61 Å². The molecule has 0 aromatic carbocycles. The largest absolute Gasteiger partial charge is 0.471 e. The zero-order chi connectivity index (χ0) is 12.1. The Kier molecular flexibility index (Phi) is 5.52. The van der Waals surface area contributed by atoms with E-state index in [1.54, 1.807) is 0 Å². The van der Waals surface area contributed by atoms with Crippen molar-refractivity contribution in [1.29, 1.82) is 0 Å². The fourth-order valence-corrected chi connectivity index (χ4v) is 1.87. The highest BCUT2D eigenvalue weighted by molar-refractivity contribution is 6.74. The molecule has 0 saturated carbocycles. The lowest BCUT2D eigenvalue weighted by molar-refractivity contribution is 0.130. The fraction of sp³-hybridized carbons (Fsp3) is 0.818. The second kappa shape index (κ2) is 5.65. The van der Waals surface area contributed by atoms with Gasteiger partial charge in [-0.15, -0.1) is 0 Å². The van der Waals surface area contributed by atoms with E-state index >= 15 is 0 Å². The van der Waals surface area contributed by atoms with Gasteiger partial charge in [-0.2, -0.15) is 4.39 Å². The minimum absolute atomic E-state index is 0.220. The Morgan fingerprint density at radius 1 is 1.27 bits per heavy atom. The van der Waals surface area contributed by atoms with Crippen LogP contribution in [0.2, 0.25) is 18.1 Å². The van der Waals surface area contributed by atoms with Crippen molar-refractivity contribution < 1.29 is 13.6 Å². The van der Waals surface area contributed by atoms with E-state index in [2.05, 4.69) is 45.2 Å². The van der Waals surface area contributed by atoms with Crippen LogP contribution in [0.5, 0.6) is 0 Å². The number of ether oxygens (including phenoxy) is 1. The van der Waals surface area contributed by atoms with Gasteiger partial charge in [0, 0.05) is 13.0 Å². The summed E-state index contributed by atoms with van der Waals surface area (Å²) < 4.78 is 22.6. The van der Waals surface area contributed by atoms with Crippen LogP contribution in [0.15, 0.2) is 12.6 Å². The summed E-state index contributed by atoms with van der Waals surface area (Å²) in [6.07, 6.45) is 0.704. The van der Waals surface area contributed by atoms with Crippen LogP contribution in [-0.2, 0) is 9.16 Å². The topological polar surface area (TPSA) is 18.5 Å². The molecule has 0 aromatic heterocycles. The molecule has 0 saturated heterocycles. The SMILES string of the molecule is C=C(F)OCCCO[Si](C)(C)C(C)(C)C. The molecule has 2 nitrogen and oxygen atoms in total. The second-order valence-electron chi connectivity index (χ2n) is 5.17. The molecule has 0 aliphatic rings. The van der Waals surface area contributed by atoms with Gasteiger partial charge >= 0.3 is 0 Å². The first kappa shape index (κ1) is 14.6. The molecule has 0 spiro atoms. The van der Waals surface area contributed by atoms with Crippen molar-refractivity contribution in [2.24, 2.45) is 0 Å². The fourth-order valence-electron chi connectivity index (χ4n) is 0.786. The summed E-state index contributed by atoms with van der Waals surface area (Å²) in [5.74, 6) is 0. The van der Waals surface area contributed by atoms with Crippen molar-refractivity contribution in [3.8, 4) is 0 Å². The molecular formula is C11H23FO2Si. The molecule has 0 N–H and O–H groups in total. The standard InChI is InChI=1S/C11H23FO2Si/c1-10(12)13-8-7-9-14-15(5,6)11(2,3)4/h1,7-9H2,2-6H3. The number of rotatable bonds is 6. The van der Waals surface area contributed by atoms with Gasteiger partial charge in [-0.1, -0.05) is 20.8 Å². The Hall–Kier alpha value is -0.353. The molecule has 0 heterocycles. The molecule has 0 rings (SSSR count). The van der Waals surface area contributed by atoms with Crippen molar-refractivity contribution in [3.63, 3.8) is 0 Å². The summed E-state index contributed by atoms with van der Waals surface area (Å²) in [6, 6.07) is -0.720. The Morgan fingerprint density at radius 2 is 1.80 bits per heavy atom. The summed E-state index contributed by atoms with van der Waals surface area (Å²) in [7, 11) is -1.65. The van der Waals surface area contributed by atoms with Crippen LogP contribution in [0.25, 0.3) is 0 Å². The van der Waals surface area contributed by atoms with E-state index in [0.29, 0.717) is 19.6 Å². The lowest BCUT2D eigenvalue weighted by Crippen LogP contribution is -2.41. The van der Waals surface area contributed by atoms with Gasteiger partial charge in [0.2, 0.25) is 0 Å². The molecule has 0 aliphatic carbocycles. The van der Waals surface area contributed by atoms with Gasteiger partial charge in [0.15, 0.2) is 8.32 Å². The molecule has 0 bridgehead atoms. The minimum Gasteiger partial charge on any atom is -0.471 e. The van der Waals surface area contributed by atoms with Crippen molar-refractivity contribution in [2.45, 2.75) is 45.3 Å². The normalized spacial score (nSPS) is 12.7. The molecule has 0 radical (unpaired) electrons. The highest BCUT2D eigenvalue weighted by atomic mass is 28.4. The third-order valence-corrected chi connectivity index (χ3v) is 7.35. The van der Waals surface area contributed by atoms with Gasteiger partial charge in [-0.05, 0) is 24.7 Å². The van der Waals surface area contributed by atoms with Crippen LogP contribution >= 0.6 is 0 Å². The molecule has 0 fully saturated rings. The van der Waals surface area contributed by atoms with Crippen molar-refractivity contribution in [2.75, 3.05) is 13.2 Å². The minimum atomic E-state index is -1.65. The first-order valence-corrected chi connectivity index (χ1v) is 8.19. The van der Waals surface area contributed by atoms with Crippen molar-refractivity contribution in [1.82, 2.24) is 0 Å². The zero-order valence-corrected chi connectivity index (χ0v) is 11.5. The Morgan fingerprint density at radius 3 is 2.20 bits per heavy atom. The van der Waals surface area contributed by atoms with Gasteiger partial charge < -0.3 is 9.16 Å². The van der Waals surface area contributed by atoms with Gasteiger partial charge in [-0.25, -0.2) is 0 Å². The van der Waals surface area contributed by atoms with E-state index in [1.807, 2.05) is 0 Å². The maximum Gasteiger partial charge on any atom is 0.265 e. The average molecular weight is 234 g/mol. The molecule has 15 heavy (non-hydrogen) atoms. The van der Waals surface area contributed by atoms with Crippen LogP contribution in [0.3, 0.4) is 0 Å². The summed E-state index contributed by atoms with van der Waals surface area (Å²) in [4.78, 5) is 0. The first-order chi connectivity index (χ1) is 6.67. The maximum absolute atomic E-state index is 12.1. The van der Waals surface area contributed by atoms with Crippen LogP contribution in [0.4, 0.5) is 4.39 Å². The molecule has 0 unspecified atom stereocenters. The van der Waals surface area contributed by atoms with E-state index in [-0.39, 0.29) is 5.04 Å². The molecule has 0 aromatic rings. The van der Waals surface area contributed by atoms with E-state index in [1.165, 1.54) is 0 Å². The van der Waals surface area contributed by atoms with E-state index in [0.717, 1.165) is 0 Å². The van der Waals surface area contributed by atoms with Crippen molar-refractivity contribution in [3.05, 3.63) is 12.6 Å². The van der Waals surface area contributed by atoms with Crippen LogP contribution in [0, 0.1) is 0 Å². The predicted octanol–water partition coefficient (Wildman–Crippen LogP) is 3.86. The Balaban J connectivity index is 3.72. The molecule has 0 atom stereocenters. The third kappa shape index (κ3) is 5.94. The first-order valence-electron chi connectivity index (χ1n) is 5.28. The number of halogens is 1. The quantitative estimate of drug-likeness (QED) is 0.395. The van der Waals surface area contributed by atoms with Gasteiger partial charge in [0.1, 0.15) is 0 Å². The smallest absolute Gasteiger partial charge is 0.265 e. The van der Waals surface area contributed by atoms with Crippen LogP contribution in [-0.4, -0.2) is 21.5 Å². The van der Waals surface area contributed by atoms with E-state index in [9.17, 15) is 4.39 Å². The maximum atomic E-state index is 12.1. The summed E-state index contributed by atoms with van der Waals surface area (Å²) in [5.41, 5.74) is 0. The summed E-state index contributed by atoms with van der Waals surface area (Å²) in [6.45, 7) is 15.0. The van der Waals surface area contributed by atoms with Crippen molar-refractivity contribution >= 4 is 8.32 Å². The molecule has 0 amide bonds. The zero-order valence-electron chi connectivity index (χ0n) is 10.5. The lowest BCUT2D eigenvalue weighted by atomic mass is 10.2. The van der Waals surface area contributed by atoms with Gasteiger partial charge in [-0.3, -0.25) is 0 Å². The summed E-state index contributed by atoms with van der Waals surface area (Å²) in [5, 5.41) is 0.220. The second-order valence-corrected chi connectivity index (χ2v) is 9.98. The number of hydrogen-bond acceptors (Lipinski definition) is 2. The van der Waals surface area contributed by atoms with Crippen LogP contribution < -0.4 is 0 Å².